The molecule has 15 nitrogen and oxygen atoms in total. The van der Waals surface area contributed by atoms with Gasteiger partial charge in [0.15, 0.2) is 23.6 Å². The number of aromatic nitrogens is 4. The molecule has 2 aromatic heterocycles. The van der Waals surface area contributed by atoms with Crippen molar-refractivity contribution in [3.63, 3.8) is 0 Å². The van der Waals surface area contributed by atoms with Gasteiger partial charge in [-0.15, -0.1) is 0 Å². The minimum Gasteiger partial charge on any atom is -0.497 e. The molecule has 324 valence electrons. The quantitative estimate of drug-likeness (QED) is 0.0473. The number of halogens is 1. The number of H-pyrrole nitrogens is 1. The van der Waals surface area contributed by atoms with Crippen molar-refractivity contribution in [2.45, 2.75) is 90.3 Å². The second-order valence-electron chi connectivity index (χ2n) is 15.3. The molecule has 0 bridgehead atoms. The van der Waals surface area contributed by atoms with Gasteiger partial charge >= 0.3 is 0 Å². The Morgan fingerprint density at radius 2 is 1.56 bits per heavy atom. The molecule has 61 heavy (non-hydrogen) atoms. The predicted octanol–water partition coefficient (Wildman–Crippen LogP) is 7.64. The Morgan fingerprint density at radius 3 is 2.10 bits per heavy atom. The van der Waals surface area contributed by atoms with Gasteiger partial charge in [0.05, 0.1) is 46.3 Å². The third kappa shape index (κ3) is 9.78. The molecule has 1 saturated heterocycles. The van der Waals surface area contributed by atoms with Crippen molar-refractivity contribution in [3.8, 4) is 17.6 Å². The molecule has 5 aromatic rings. The van der Waals surface area contributed by atoms with Crippen molar-refractivity contribution in [2.75, 3.05) is 32.8 Å². The van der Waals surface area contributed by atoms with Crippen LogP contribution in [-0.4, -0.2) is 88.0 Å². The SMILES string of the molecule is COc1ccc(C(OC[C@H]2O[C@@H](n3cnc4c(=O)[nH]c(NC(=O)C(C)C)nc43)[C@H](F)[C@@H]2OP(OCCC#N)N(C(C)C)C(C)C)(c2ccccc2)c2ccc(OC)cc2)cc1. The van der Waals surface area contributed by atoms with Gasteiger partial charge in [0, 0.05) is 18.0 Å². The third-order valence-electron chi connectivity index (χ3n) is 10.3. The van der Waals surface area contributed by atoms with Gasteiger partial charge in [-0.2, -0.15) is 10.2 Å². The molecule has 1 fully saturated rings. The Morgan fingerprint density at radius 1 is 0.967 bits per heavy atom. The monoisotopic (exact) mass is 857 g/mol. The van der Waals surface area contributed by atoms with Gasteiger partial charge in [-0.1, -0.05) is 68.4 Å². The van der Waals surface area contributed by atoms with Crippen molar-refractivity contribution in [2.24, 2.45) is 5.92 Å². The number of amides is 1. The molecule has 17 heteroatoms. The first kappa shape index (κ1) is 45.3. The van der Waals surface area contributed by atoms with Crippen molar-refractivity contribution in [1.29, 1.82) is 5.26 Å². The summed E-state index contributed by atoms with van der Waals surface area (Å²) in [6, 6.07) is 26.7. The normalized spacial score (nSPS) is 18.6. The summed E-state index contributed by atoms with van der Waals surface area (Å²) in [5.41, 5.74) is 0.280. The first-order valence-corrected chi connectivity index (χ1v) is 21.3. The van der Waals surface area contributed by atoms with Crippen molar-refractivity contribution in [1.82, 2.24) is 24.2 Å². The zero-order chi connectivity index (χ0) is 43.8. The molecular formula is C44H53FN7O8P. The fourth-order valence-electron chi connectivity index (χ4n) is 7.29. The van der Waals surface area contributed by atoms with E-state index in [0.717, 1.165) is 16.7 Å². The van der Waals surface area contributed by atoms with Crippen LogP contribution in [0.2, 0.25) is 0 Å². The average molecular weight is 858 g/mol. The van der Waals surface area contributed by atoms with Gasteiger partial charge in [0.1, 0.15) is 29.3 Å². The summed E-state index contributed by atoms with van der Waals surface area (Å²) < 4.78 is 58.8. The number of benzene rings is 3. The van der Waals surface area contributed by atoms with Crippen LogP contribution in [0.15, 0.2) is 90.0 Å². The van der Waals surface area contributed by atoms with Crippen LogP contribution in [0.4, 0.5) is 10.3 Å². The Hall–Kier alpha value is -5.27. The molecule has 3 aromatic carbocycles. The van der Waals surface area contributed by atoms with Gasteiger partial charge in [-0.25, -0.2) is 14.0 Å². The van der Waals surface area contributed by atoms with Crippen molar-refractivity contribution < 1.29 is 37.2 Å². The summed E-state index contributed by atoms with van der Waals surface area (Å²) in [6.45, 7) is 11.2. The number of hydrogen-bond acceptors (Lipinski definition) is 12. The minimum atomic E-state index is -1.96. The number of aromatic amines is 1. The molecule has 3 heterocycles. The Bertz CT molecular complexity index is 2260. The number of nitriles is 1. The predicted molar refractivity (Wildman–Crippen MR) is 229 cm³/mol. The molecule has 0 spiro atoms. The zero-order valence-electron chi connectivity index (χ0n) is 35.6. The number of nitrogens with zero attached hydrogens (tertiary/aromatic N) is 5. The summed E-state index contributed by atoms with van der Waals surface area (Å²) in [4.78, 5) is 37.1. The Balaban J connectivity index is 1.48. The smallest absolute Gasteiger partial charge is 0.280 e. The van der Waals surface area contributed by atoms with Gasteiger partial charge < -0.3 is 28.0 Å². The van der Waals surface area contributed by atoms with E-state index in [-0.39, 0.29) is 54.7 Å². The molecule has 6 rings (SSSR count). The maximum absolute atomic E-state index is 17.6. The van der Waals surface area contributed by atoms with E-state index in [4.69, 9.17) is 28.0 Å². The van der Waals surface area contributed by atoms with Crippen molar-refractivity contribution in [3.05, 3.63) is 112 Å². The second kappa shape index (κ2) is 20.1. The molecular weight excluding hydrogens is 804 g/mol. The number of hydrogen-bond donors (Lipinski definition) is 2. The maximum atomic E-state index is 17.6. The molecule has 5 atom stereocenters. The lowest BCUT2D eigenvalue weighted by Crippen LogP contribution is -2.41. The van der Waals surface area contributed by atoms with Gasteiger partial charge in [0.25, 0.3) is 14.1 Å². The molecule has 1 unspecified atom stereocenters. The lowest BCUT2D eigenvalue weighted by atomic mass is 9.80. The van der Waals surface area contributed by atoms with Crippen LogP contribution in [0.25, 0.3) is 11.2 Å². The van der Waals surface area contributed by atoms with Crippen LogP contribution in [0.3, 0.4) is 0 Å². The number of methoxy groups -OCH3 is 2. The number of carbonyl (C=O) groups is 1. The molecule has 0 saturated carbocycles. The largest absolute Gasteiger partial charge is 0.497 e. The van der Waals surface area contributed by atoms with E-state index in [9.17, 15) is 14.9 Å². The summed E-state index contributed by atoms with van der Waals surface area (Å²) in [6.07, 6.45) is -4.32. The van der Waals surface area contributed by atoms with E-state index >= 15 is 4.39 Å². The maximum Gasteiger partial charge on any atom is 0.280 e. The number of imidazole rings is 1. The molecule has 0 aliphatic carbocycles. The van der Waals surface area contributed by atoms with Gasteiger partial charge in [0.2, 0.25) is 11.9 Å². The van der Waals surface area contributed by atoms with E-state index in [2.05, 4.69) is 26.3 Å². The highest BCUT2D eigenvalue weighted by molar-refractivity contribution is 7.44. The third-order valence-corrected chi connectivity index (χ3v) is 12.4. The summed E-state index contributed by atoms with van der Waals surface area (Å²) in [5.74, 6) is 0.392. The topological polar surface area (TPSA) is 175 Å². The van der Waals surface area contributed by atoms with Crippen LogP contribution in [0, 0.1) is 17.2 Å². The fraction of sp³-hybridized carbons (Fsp3) is 0.432. The van der Waals surface area contributed by atoms with Crippen LogP contribution < -0.4 is 20.3 Å². The Kier molecular flexibility index (Phi) is 14.9. The van der Waals surface area contributed by atoms with Crippen LogP contribution in [0.5, 0.6) is 11.5 Å². The number of rotatable bonds is 19. The molecule has 1 aliphatic rings. The number of carbonyl (C=O) groups excluding carboxylic acids is 1. The van der Waals surface area contributed by atoms with Gasteiger partial charge in [-0.3, -0.25) is 24.5 Å². The lowest BCUT2D eigenvalue weighted by molar-refractivity contribution is -0.118. The molecule has 0 radical (unpaired) electrons. The van der Waals surface area contributed by atoms with E-state index in [0.29, 0.717) is 11.5 Å². The lowest BCUT2D eigenvalue weighted by Gasteiger charge is -2.39. The molecule has 1 amide bonds. The zero-order valence-corrected chi connectivity index (χ0v) is 36.5. The van der Waals surface area contributed by atoms with E-state index in [1.54, 1.807) is 28.1 Å². The number of fused-ring (bicyclic) bond motifs is 1. The van der Waals surface area contributed by atoms with Crippen LogP contribution >= 0.6 is 8.53 Å². The van der Waals surface area contributed by atoms with E-state index in [1.165, 1.54) is 10.9 Å². The molecule has 1 aliphatic heterocycles. The average Bonchev–Trinajstić information content (AvgIpc) is 3.81. The number of anilines is 1. The molecule has 2 N–H and O–H groups in total. The highest BCUT2D eigenvalue weighted by Crippen LogP contribution is 2.51. The highest BCUT2D eigenvalue weighted by atomic mass is 31.2. The first-order valence-electron chi connectivity index (χ1n) is 20.1. The van der Waals surface area contributed by atoms with Gasteiger partial charge in [-0.05, 0) is 68.7 Å². The van der Waals surface area contributed by atoms with Crippen LogP contribution in [0.1, 0.15) is 70.9 Å². The van der Waals surface area contributed by atoms with E-state index in [1.807, 2.05) is 111 Å². The van der Waals surface area contributed by atoms with Crippen molar-refractivity contribution >= 4 is 31.5 Å². The van der Waals surface area contributed by atoms with E-state index < -0.39 is 50.2 Å². The highest BCUT2D eigenvalue weighted by Gasteiger charge is 2.51. The summed E-state index contributed by atoms with van der Waals surface area (Å²) >= 11 is 0. The number of nitrogens with one attached hydrogen (secondary N) is 2. The number of alkyl halides is 1. The first-order chi connectivity index (χ1) is 29.3. The summed E-state index contributed by atoms with van der Waals surface area (Å²) in [7, 11) is 1.23. The standard InChI is InChI=1S/C44H53FN7O8P/c1-27(2)40(53)49-43-48-39-37(41(54)50-43)47-26-51(39)42-36(45)38(60-61(58-24-12-23-46)52(28(3)4)29(5)6)35(59-42)25-57-44(30-13-10-9-11-14-30,31-15-19-33(55-7)20-16-31)32-17-21-34(56-8)22-18-32/h9-11,13-22,26-29,35-36,38,42H,12,24-25H2,1-8H3,(H2,48,49,50,53,54)/t35-,36-,38-,42-,61?/m1/s1. The Labute approximate surface area is 356 Å². The summed E-state index contributed by atoms with van der Waals surface area (Å²) in [5, 5.41) is 12.0. The minimum absolute atomic E-state index is 0.00982. The fourth-order valence-corrected chi connectivity index (χ4v) is 9.06. The van der Waals surface area contributed by atoms with Crippen LogP contribution in [-0.2, 0) is 28.9 Å². The number of ether oxygens (including phenoxy) is 4. The second-order valence-corrected chi connectivity index (χ2v) is 16.7.